The van der Waals surface area contributed by atoms with Gasteiger partial charge in [0.2, 0.25) is 0 Å². The molecule has 0 saturated heterocycles. The molecule has 0 aliphatic rings. The van der Waals surface area contributed by atoms with Crippen molar-refractivity contribution in [2.45, 2.75) is 0 Å². The van der Waals surface area contributed by atoms with Gasteiger partial charge in [-0.15, -0.1) is 5.10 Å². The van der Waals surface area contributed by atoms with Crippen LogP contribution in [0.5, 0.6) is 0 Å². The molecule has 2 aromatic rings. The maximum Gasteiger partial charge on any atom is 0.173 e. The molecule has 0 fully saturated rings. The SMILES string of the molecule is N/C(=N\N=C\c1cccc(Cl)c1)c1cnccn1. The molecule has 5 nitrogen and oxygen atoms in total. The number of amidine groups is 1. The van der Waals surface area contributed by atoms with E-state index in [4.69, 9.17) is 17.3 Å². The Labute approximate surface area is 109 Å². The van der Waals surface area contributed by atoms with Crippen LogP contribution in [0.2, 0.25) is 5.02 Å². The highest BCUT2D eigenvalue weighted by Gasteiger charge is 1.97. The van der Waals surface area contributed by atoms with E-state index in [-0.39, 0.29) is 5.84 Å². The van der Waals surface area contributed by atoms with Crippen molar-refractivity contribution in [3.63, 3.8) is 0 Å². The van der Waals surface area contributed by atoms with E-state index >= 15 is 0 Å². The fraction of sp³-hybridized carbons (Fsp3) is 0. The summed E-state index contributed by atoms with van der Waals surface area (Å²) in [6.45, 7) is 0. The molecule has 1 heterocycles. The molecule has 0 spiro atoms. The second kappa shape index (κ2) is 5.88. The molecule has 0 amide bonds. The molecule has 0 saturated carbocycles. The average molecular weight is 260 g/mol. The molecule has 0 radical (unpaired) electrons. The summed E-state index contributed by atoms with van der Waals surface area (Å²) >= 11 is 5.84. The summed E-state index contributed by atoms with van der Waals surface area (Å²) in [5.41, 5.74) is 7.03. The summed E-state index contributed by atoms with van der Waals surface area (Å²) < 4.78 is 0. The van der Waals surface area contributed by atoms with E-state index in [0.29, 0.717) is 10.7 Å². The van der Waals surface area contributed by atoms with Crippen LogP contribution in [0.15, 0.2) is 53.1 Å². The number of rotatable bonds is 3. The molecule has 18 heavy (non-hydrogen) atoms. The van der Waals surface area contributed by atoms with Crippen LogP contribution in [-0.2, 0) is 0 Å². The zero-order chi connectivity index (χ0) is 12.8. The maximum absolute atomic E-state index is 5.84. The summed E-state index contributed by atoms with van der Waals surface area (Å²) in [6, 6.07) is 7.26. The molecular formula is C12H10ClN5. The minimum Gasteiger partial charge on any atom is -0.380 e. The molecule has 0 atom stereocenters. The Bertz CT molecular complexity index is 580. The smallest absolute Gasteiger partial charge is 0.173 e. The Morgan fingerprint density at radius 1 is 1.33 bits per heavy atom. The molecular weight excluding hydrogens is 250 g/mol. The molecule has 1 aromatic carbocycles. The van der Waals surface area contributed by atoms with Crippen molar-refractivity contribution in [2.24, 2.45) is 15.9 Å². The van der Waals surface area contributed by atoms with Crippen molar-refractivity contribution in [3.8, 4) is 0 Å². The Balaban J connectivity index is 2.11. The number of hydrogen-bond donors (Lipinski definition) is 1. The highest BCUT2D eigenvalue weighted by atomic mass is 35.5. The highest BCUT2D eigenvalue weighted by molar-refractivity contribution is 6.30. The van der Waals surface area contributed by atoms with Crippen LogP contribution in [0.1, 0.15) is 11.3 Å². The largest absolute Gasteiger partial charge is 0.380 e. The van der Waals surface area contributed by atoms with E-state index in [2.05, 4.69) is 20.2 Å². The standard InChI is InChI=1S/C12H10ClN5/c13-10-3-1-2-9(6-10)7-17-18-12(14)11-8-15-4-5-16-11/h1-8H,(H2,14,18)/b17-7+. The predicted molar refractivity (Wildman–Crippen MR) is 71.8 cm³/mol. The fourth-order valence-electron chi connectivity index (χ4n) is 1.23. The van der Waals surface area contributed by atoms with Gasteiger partial charge in [-0.3, -0.25) is 4.98 Å². The highest BCUT2D eigenvalue weighted by Crippen LogP contribution is 2.08. The Hall–Kier alpha value is -2.27. The van der Waals surface area contributed by atoms with Gasteiger partial charge in [0.15, 0.2) is 5.84 Å². The van der Waals surface area contributed by atoms with Crippen LogP contribution in [0.25, 0.3) is 0 Å². The van der Waals surface area contributed by atoms with Crippen molar-refractivity contribution in [3.05, 3.63) is 59.1 Å². The molecule has 0 unspecified atom stereocenters. The minimum absolute atomic E-state index is 0.210. The second-order valence-electron chi connectivity index (χ2n) is 3.38. The Morgan fingerprint density at radius 3 is 2.94 bits per heavy atom. The molecule has 6 heteroatoms. The van der Waals surface area contributed by atoms with Crippen molar-refractivity contribution < 1.29 is 0 Å². The third-order valence-corrected chi connectivity index (χ3v) is 2.28. The monoisotopic (exact) mass is 259 g/mol. The van der Waals surface area contributed by atoms with Gasteiger partial charge in [-0.25, -0.2) is 4.98 Å². The first kappa shape index (κ1) is 12.2. The normalized spacial score (nSPS) is 11.9. The van der Waals surface area contributed by atoms with E-state index in [1.165, 1.54) is 6.20 Å². The van der Waals surface area contributed by atoms with Crippen molar-refractivity contribution in [1.29, 1.82) is 0 Å². The summed E-state index contributed by atoms with van der Waals surface area (Å²) in [6.07, 6.45) is 6.19. The summed E-state index contributed by atoms with van der Waals surface area (Å²) in [7, 11) is 0. The Kier molecular flexibility index (Phi) is 3.98. The molecule has 1 aromatic heterocycles. The first-order valence-corrected chi connectivity index (χ1v) is 5.52. The van der Waals surface area contributed by atoms with E-state index in [9.17, 15) is 0 Å². The first-order valence-electron chi connectivity index (χ1n) is 5.14. The predicted octanol–water partition coefficient (Wildman–Crippen LogP) is 1.87. The molecule has 0 aliphatic heterocycles. The fourth-order valence-corrected chi connectivity index (χ4v) is 1.43. The minimum atomic E-state index is 0.210. The van der Waals surface area contributed by atoms with E-state index in [1.54, 1.807) is 30.7 Å². The average Bonchev–Trinajstić information content (AvgIpc) is 2.40. The maximum atomic E-state index is 5.84. The van der Waals surface area contributed by atoms with Gasteiger partial charge in [-0.05, 0) is 17.7 Å². The lowest BCUT2D eigenvalue weighted by Gasteiger charge is -1.95. The van der Waals surface area contributed by atoms with Crippen LogP contribution in [0, 0.1) is 0 Å². The second-order valence-corrected chi connectivity index (χ2v) is 3.81. The third-order valence-electron chi connectivity index (χ3n) is 2.05. The number of hydrogen-bond acceptors (Lipinski definition) is 4. The van der Waals surface area contributed by atoms with Crippen LogP contribution in [0.4, 0.5) is 0 Å². The van der Waals surface area contributed by atoms with Gasteiger partial charge in [0.1, 0.15) is 5.69 Å². The lowest BCUT2D eigenvalue weighted by Crippen LogP contribution is -2.14. The van der Waals surface area contributed by atoms with Crippen molar-refractivity contribution in [2.75, 3.05) is 0 Å². The van der Waals surface area contributed by atoms with Crippen LogP contribution in [0.3, 0.4) is 0 Å². The topological polar surface area (TPSA) is 76.5 Å². The molecule has 0 bridgehead atoms. The lowest BCUT2D eigenvalue weighted by atomic mass is 10.2. The first-order chi connectivity index (χ1) is 8.75. The number of nitrogens with two attached hydrogens (primary N) is 1. The van der Waals surface area contributed by atoms with E-state index < -0.39 is 0 Å². The van der Waals surface area contributed by atoms with Gasteiger partial charge in [-0.2, -0.15) is 5.10 Å². The van der Waals surface area contributed by atoms with Crippen LogP contribution >= 0.6 is 11.6 Å². The van der Waals surface area contributed by atoms with E-state index in [1.807, 2.05) is 12.1 Å². The zero-order valence-electron chi connectivity index (χ0n) is 9.36. The Morgan fingerprint density at radius 2 is 2.22 bits per heavy atom. The van der Waals surface area contributed by atoms with E-state index in [0.717, 1.165) is 5.56 Å². The summed E-state index contributed by atoms with van der Waals surface area (Å²) in [5.74, 6) is 0.210. The summed E-state index contributed by atoms with van der Waals surface area (Å²) in [5, 5.41) is 8.35. The van der Waals surface area contributed by atoms with Gasteiger partial charge in [-0.1, -0.05) is 23.7 Å². The van der Waals surface area contributed by atoms with Crippen LogP contribution in [-0.4, -0.2) is 22.0 Å². The van der Waals surface area contributed by atoms with Gasteiger partial charge in [0.05, 0.1) is 12.4 Å². The zero-order valence-corrected chi connectivity index (χ0v) is 10.1. The van der Waals surface area contributed by atoms with Gasteiger partial charge in [0, 0.05) is 17.4 Å². The molecule has 90 valence electrons. The third kappa shape index (κ3) is 3.36. The van der Waals surface area contributed by atoms with Crippen molar-refractivity contribution >= 4 is 23.7 Å². The number of benzene rings is 1. The summed E-state index contributed by atoms with van der Waals surface area (Å²) in [4.78, 5) is 7.90. The lowest BCUT2D eigenvalue weighted by molar-refractivity contribution is 1.15. The van der Waals surface area contributed by atoms with Gasteiger partial charge < -0.3 is 5.73 Å². The van der Waals surface area contributed by atoms with Gasteiger partial charge in [0.25, 0.3) is 0 Å². The van der Waals surface area contributed by atoms with Gasteiger partial charge >= 0.3 is 0 Å². The molecule has 2 N–H and O–H groups in total. The number of nitrogens with zero attached hydrogens (tertiary/aromatic N) is 4. The van der Waals surface area contributed by atoms with Crippen molar-refractivity contribution in [1.82, 2.24) is 9.97 Å². The quantitative estimate of drug-likeness (QED) is 0.519. The number of aromatic nitrogens is 2. The number of halogens is 1. The van der Waals surface area contributed by atoms with Crippen LogP contribution < -0.4 is 5.73 Å². The molecule has 0 aliphatic carbocycles. The molecule has 2 rings (SSSR count).